The van der Waals surface area contributed by atoms with Crippen molar-refractivity contribution in [3.05, 3.63) is 92.9 Å². The number of amides is 2. The van der Waals surface area contributed by atoms with E-state index in [1.54, 1.807) is 67.6 Å². The number of nitrogens with zero attached hydrogens (tertiary/aromatic N) is 2. The van der Waals surface area contributed by atoms with E-state index in [2.05, 4.69) is 21.2 Å². The lowest BCUT2D eigenvalue weighted by Gasteiger charge is -2.32. The topological polar surface area (TPSA) is 86.8 Å². The summed E-state index contributed by atoms with van der Waals surface area (Å²) in [4.78, 5) is 27.5. The Hall–Kier alpha value is -2.59. The summed E-state index contributed by atoms with van der Waals surface area (Å²) in [6, 6.07) is 18.3. The zero-order valence-electron chi connectivity index (χ0n) is 19.5. The van der Waals surface area contributed by atoms with E-state index in [1.807, 2.05) is 0 Å². The Morgan fingerprint density at radius 2 is 1.64 bits per heavy atom. The van der Waals surface area contributed by atoms with E-state index in [-0.39, 0.29) is 11.4 Å². The molecule has 3 rings (SSSR count). The van der Waals surface area contributed by atoms with Crippen LogP contribution in [0.2, 0.25) is 10.0 Å². The van der Waals surface area contributed by atoms with Crippen molar-refractivity contribution in [2.24, 2.45) is 0 Å². The molecule has 3 aromatic rings. The maximum absolute atomic E-state index is 13.7. The molecule has 0 aliphatic rings. The van der Waals surface area contributed by atoms with E-state index in [4.69, 9.17) is 23.2 Å². The summed E-state index contributed by atoms with van der Waals surface area (Å²) >= 11 is 15.7. The zero-order chi connectivity index (χ0) is 26.5. The highest BCUT2D eigenvalue weighted by molar-refractivity contribution is 9.10. The molecule has 11 heteroatoms. The van der Waals surface area contributed by atoms with E-state index in [0.717, 1.165) is 8.78 Å². The summed E-state index contributed by atoms with van der Waals surface area (Å²) in [6.07, 6.45) is 0. The summed E-state index contributed by atoms with van der Waals surface area (Å²) in [5.41, 5.74) is 0.860. The molecule has 0 heterocycles. The first-order valence-corrected chi connectivity index (χ1v) is 13.8. The van der Waals surface area contributed by atoms with Crippen LogP contribution in [0.3, 0.4) is 0 Å². The van der Waals surface area contributed by atoms with Crippen LogP contribution in [-0.2, 0) is 26.2 Å². The van der Waals surface area contributed by atoms with Gasteiger partial charge in [-0.3, -0.25) is 13.9 Å². The molecule has 0 fully saturated rings. The molecule has 0 radical (unpaired) electrons. The van der Waals surface area contributed by atoms with E-state index >= 15 is 0 Å². The van der Waals surface area contributed by atoms with Gasteiger partial charge in [-0.2, -0.15) is 0 Å². The Morgan fingerprint density at radius 1 is 1.00 bits per heavy atom. The third kappa shape index (κ3) is 6.59. The molecule has 0 aliphatic carbocycles. The molecule has 0 aliphatic heterocycles. The molecule has 3 aromatic carbocycles. The van der Waals surface area contributed by atoms with Crippen molar-refractivity contribution in [2.75, 3.05) is 17.9 Å². The number of carbonyl (C=O) groups excluding carboxylic acids is 2. The largest absolute Gasteiger partial charge is 0.357 e. The van der Waals surface area contributed by atoms with Crippen LogP contribution in [0.5, 0.6) is 0 Å². The van der Waals surface area contributed by atoms with Crippen LogP contribution in [0, 0.1) is 0 Å². The summed E-state index contributed by atoms with van der Waals surface area (Å²) < 4.78 is 29.0. The molecule has 0 aromatic heterocycles. The first-order valence-electron chi connectivity index (χ1n) is 10.8. The molecule has 190 valence electrons. The highest BCUT2D eigenvalue weighted by Gasteiger charge is 2.32. The molecular weight excluding hydrogens is 589 g/mol. The molecule has 7 nitrogen and oxygen atoms in total. The highest BCUT2D eigenvalue weighted by atomic mass is 79.9. The van der Waals surface area contributed by atoms with Crippen molar-refractivity contribution in [1.82, 2.24) is 10.2 Å². The lowest BCUT2D eigenvalue weighted by Crippen LogP contribution is -2.50. The van der Waals surface area contributed by atoms with Gasteiger partial charge in [0.25, 0.3) is 10.0 Å². The second-order valence-electron chi connectivity index (χ2n) is 7.85. The van der Waals surface area contributed by atoms with Crippen molar-refractivity contribution in [1.29, 1.82) is 0 Å². The van der Waals surface area contributed by atoms with Crippen LogP contribution in [0.15, 0.2) is 82.2 Å². The number of likely N-dealkylation sites (N-methyl/N-ethyl adjacent to an activating group) is 1. The maximum Gasteiger partial charge on any atom is 0.264 e. The van der Waals surface area contributed by atoms with Gasteiger partial charge in [0.1, 0.15) is 12.6 Å². The number of sulfonamides is 1. The third-order valence-corrected chi connectivity index (χ3v) is 8.40. The average molecular weight is 613 g/mol. The first kappa shape index (κ1) is 28.0. The fraction of sp³-hybridized carbons (Fsp3) is 0.200. The molecule has 1 atom stereocenters. The highest BCUT2D eigenvalue weighted by Crippen LogP contribution is 2.27. The number of hydrogen-bond donors (Lipinski definition) is 1. The predicted octanol–water partition coefficient (Wildman–Crippen LogP) is 5.11. The molecule has 0 spiro atoms. The number of hydrogen-bond acceptors (Lipinski definition) is 4. The zero-order valence-corrected chi connectivity index (χ0v) is 23.4. The van der Waals surface area contributed by atoms with Crippen molar-refractivity contribution >= 4 is 66.7 Å². The van der Waals surface area contributed by atoms with Crippen LogP contribution in [0.4, 0.5) is 5.69 Å². The summed E-state index contributed by atoms with van der Waals surface area (Å²) in [7, 11) is -2.64. The fourth-order valence-electron chi connectivity index (χ4n) is 3.48. The molecular formula is C25H24BrCl2N3O4S. The van der Waals surface area contributed by atoms with Gasteiger partial charge < -0.3 is 10.2 Å². The van der Waals surface area contributed by atoms with E-state index in [0.29, 0.717) is 21.3 Å². The Labute approximate surface area is 229 Å². The number of rotatable bonds is 9. The Bertz CT molecular complexity index is 1340. The van der Waals surface area contributed by atoms with E-state index < -0.39 is 34.4 Å². The molecule has 0 unspecified atom stereocenters. The predicted molar refractivity (Wildman–Crippen MR) is 146 cm³/mol. The van der Waals surface area contributed by atoms with Crippen LogP contribution < -0.4 is 9.62 Å². The van der Waals surface area contributed by atoms with Crippen LogP contribution in [-0.4, -0.2) is 44.8 Å². The van der Waals surface area contributed by atoms with Crippen molar-refractivity contribution in [3.63, 3.8) is 0 Å². The van der Waals surface area contributed by atoms with Gasteiger partial charge in [-0.25, -0.2) is 8.42 Å². The van der Waals surface area contributed by atoms with Crippen molar-refractivity contribution in [2.45, 2.75) is 24.4 Å². The molecule has 2 amide bonds. The summed E-state index contributed by atoms with van der Waals surface area (Å²) in [5.74, 6) is -0.992. The SMILES string of the molecule is CNC(=O)[C@@H](C)N(Cc1ccc(Cl)cc1Cl)C(=O)CN(c1ccc(Br)cc1)S(=O)(=O)c1ccccc1. The molecule has 0 saturated carbocycles. The summed E-state index contributed by atoms with van der Waals surface area (Å²) in [6.45, 7) is 1.00. The smallest absolute Gasteiger partial charge is 0.264 e. The van der Waals surface area contributed by atoms with Crippen LogP contribution >= 0.6 is 39.1 Å². The number of anilines is 1. The number of nitrogens with one attached hydrogen (secondary N) is 1. The summed E-state index contributed by atoms with van der Waals surface area (Å²) in [5, 5.41) is 3.29. The molecule has 36 heavy (non-hydrogen) atoms. The molecule has 1 N–H and O–H groups in total. The Morgan fingerprint density at radius 3 is 2.22 bits per heavy atom. The van der Waals surface area contributed by atoms with Gasteiger partial charge in [0.15, 0.2) is 0 Å². The second-order valence-corrected chi connectivity index (χ2v) is 11.5. The van der Waals surface area contributed by atoms with Crippen LogP contribution in [0.25, 0.3) is 0 Å². The Balaban J connectivity index is 2.03. The van der Waals surface area contributed by atoms with Gasteiger partial charge >= 0.3 is 0 Å². The minimum Gasteiger partial charge on any atom is -0.357 e. The average Bonchev–Trinajstić information content (AvgIpc) is 2.87. The number of carbonyl (C=O) groups is 2. The first-order chi connectivity index (χ1) is 17.0. The van der Waals surface area contributed by atoms with Crippen LogP contribution in [0.1, 0.15) is 12.5 Å². The Kier molecular flexibility index (Phi) is 9.41. The standard InChI is InChI=1S/C25H24BrCl2N3O4S/c1-17(25(33)29-2)30(15-18-8-11-20(27)14-23(18)28)24(32)16-31(21-12-9-19(26)10-13-21)36(34,35)22-6-4-3-5-7-22/h3-14,17H,15-16H2,1-2H3,(H,29,33)/t17-/m1/s1. The second kappa shape index (κ2) is 12.1. The van der Waals surface area contributed by atoms with E-state index in [9.17, 15) is 18.0 Å². The normalized spacial score (nSPS) is 12.0. The lowest BCUT2D eigenvalue weighted by atomic mass is 10.1. The van der Waals surface area contributed by atoms with Gasteiger partial charge in [-0.05, 0) is 61.0 Å². The quantitative estimate of drug-likeness (QED) is 0.364. The minimum absolute atomic E-state index is 0.0248. The third-order valence-electron chi connectivity index (χ3n) is 5.49. The monoisotopic (exact) mass is 611 g/mol. The van der Waals surface area contributed by atoms with Gasteiger partial charge in [0, 0.05) is 28.1 Å². The molecule has 0 bridgehead atoms. The number of benzene rings is 3. The lowest BCUT2D eigenvalue weighted by molar-refractivity contribution is -0.139. The van der Waals surface area contributed by atoms with Gasteiger partial charge in [0.05, 0.1) is 10.6 Å². The van der Waals surface area contributed by atoms with E-state index in [1.165, 1.54) is 24.1 Å². The number of halogens is 3. The van der Waals surface area contributed by atoms with Gasteiger partial charge in [0.2, 0.25) is 11.8 Å². The molecule has 0 saturated heterocycles. The maximum atomic E-state index is 13.7. The van der Waals surface area contributed by atoms with Crippen molar-refractivity contribution < 1.29 is 18.0 Å². The van der Waals surface area contributed by atoms with Gasteiger partial charge in [-0.1, -0.05) is 63.4 Å². The fourth-order valence-corrected chi connectivity index (χ4v) is 5.65. The minimum atomic E-state index is -4.11. The van der Waals surface area contributed by atoms with Gasteiger partial charge in [-0.15, -0.1) is 0 Å². The van der Waals surface area contributed by atoms with Crippen molar-refractivity contribution in [3.8, 4) is 0 Å².